The maximum Gasteiger partial charge on any atom is 0.246 e. The Morgan fingerprint density at radius 1 is 0.605 bits per heavy atom. The van der Waals surface area contributed by atoms with Gasteiger partial charge in [-0.05, 0) is 124 Å². The van der Waals surface area contributed by atoms with Crippen molar-refractivity contribution < 1.29 is 81.3 Å². The summed E-state index contributed by atoms with van der Waals surface area (Å²) >= 11 is 6.69. The maximum absolute atomic E-state index is 17.0. The van der Waals surface area contributed by atoms with E-state index >= 15 is 28.0 Å². The van der Waals surface area contributed by atoms with E-state index in [0.29, 0.717) is 0 Å². The van der Waals surface area contributed by atoms with Gasteiger partial charge in [-0.3, -0.25) is 62.3 Å². The van der Waals surface area contributed by atoms with Crippen LogP contribution >= 0.6 is 11.6 Å². The van der Waals surface area contributed by atoms with Gasteiger partial charge in [0.25, 0.3) is 0 Å². The highest BCUT2D eigenvalue weighted by Crippen LogP contribution is 2.43. The third kappa shape index (κ3) is 25.7. The molecule has 2 aliphatic rings. The van der Waals surface area contributed by atoms with Gasteiger partial charge in [-0.15, -0.1) is 0 Å². The van der Waals surface area contributed by atoms with Crippen molar-refractivity contribution in [3.63, 3.8) is 0 Å². The van der Waals surface area contributed by atoms with Crippen LogP contribution in [0.1, 0.15) is 168 Å². The third-order valence-electron chi connectivity index (χ3n) is 22.3. The fourth-order valence-corrected chi connectivity index (χ4v) is 15.4. The highest BCUT2D eigenvalue weighted by atomic mass is 35.5. The first-order chi connectivity index (χ1) is 55.5. The Bertz CT molecular complexity index is 4120. The van der Waals surface area contributed by atoms with Crippen LogP contribution in [0, 0.1) is 53.1 Å². The number of halogens is 3. The molecule has 0 spiro atoms. The van der Waals surface area contributed by atoms with E-state index in [-0.39, 0.29) is 148 Å². The van der Waals surface area contributed by atoms with Crippen molar-refractivity contribution >= 4 is 105 Å². The normalized spacial score (nSPS) is 23.2. The maximum atomic E-state index is 17.0. The first-order valence-electron chi connectivity index (χ1n) is 41.4. The number of hydrogen-bond acceptors (Lipinski definition) is 18. The lowest BCUT2D eigenvalue weighted by atomic mass is 9.91. The molecule has 0 aliphatic carbocycles. The second kappa shape index (κ2) is 44.6. The number of aliphatic hydroxyl groups is 1. The van der Waals surface area contributed by atoms with Crippen molar-refractivity contribution in [3.05, 3.63) is 59.4 Å². The summed E-state index contributed by atoms with van der Waals surface area (Å²) in [6.07, 6.45) is -0.351. The zero-order valence-electron chi connectivity index (χ0n) is 73.8. The number of aliphatic hydroxyl groups excluding tert-OH is 1. The van der Waals surface area contributed by atoms with Crippen LogP contribution in [0.5, 0.6) is 5.75 Å². The molecule has 3 aromatic rings. The molecule has 2 aromatic carbocycles. The highest BCUT2D eigenvalue weighted by molar-refractivity contribution is 6.34. The van der Waals surface area contributed by atoms with E-state index in [1.165, 1.54) is 107 Å². The molecule has 0 radical (unpaired) electrons. The molecule has 3 heterocycles. The summed E-state index contributed by atoms with van der Waals surface area (Å²) in [7, 11) is 9.57. The van der Waals surface area contributed by atoms with Crippen LogP contribution in [-0.2, 0) is 68.7 Å². The number of likely N-dealkylation sites (N-methyl/N-ethyl adjacent to an activating group) is 7. The summed E-state index contributed by atoms with van der Waals surface area (Å²) in [5.74, 6) is -14.3. The van der Waals surface area contributed by atoms with Crippen molar-refractivity contribution in [2.75, 3.05) is 93.5 Å². The fraction of sp³-hybridized carbons (Fsp3) is 0.659. The molecule has 34 heteroatoms. The van der Waals surface area contributed by atoms with Crippen LogP contribution < -0.4 is 31.5 Å². The quantitative estimate of drug-likeness (QED) is 0.0542. The smallest absolute Gasteiger partial charge is 0.246 e. The molecular weight excluding hydrogens is 1560 g/mol. The van der Waals surface area contributed by atoms with Gasteiger partial charge in [0.15, 0.2) is 5.82 Å². The molecule has 2 saturated heterocycles. The number of aryl methyl sites for hydroxylation is 1. The molecule has 13 amide bonds. The number of nitrogens with zero attached hydrogens (tertiary/aromatic N) is 11. The van der Waals surface area contributed by atoms with Gasteiger partial charge in [-0.1, -0.05) is 121 Å². The summed E-state index contributed by atoms with van der Waals surface area (Å²) in [6, 6.07) is -8.50. The van der Waals surface area contributed by atoms with Crippen LogP contribution in [0.25, 0.3) is 22.0 Å². The van der Waals surface area contributed by atoms with E-state index in [1.807, 2.05) is 60.3 Å². The summed E-state index contributed by atoms with van der Waals surface area (Å²) in [5, 5.41) is 37.2. The number of phenolic OH excluding ortho intramolecular Hbond substituents is 1. The lowest BCUT2D eigenvalue weighted by Crippen LogP contribution is -2.63. The predicted octanol–water partition coefficient (Wildman–Crippen LogP) is 5.91. The third-order valence-corrected chi connectivity index (χ3v) is 22.6. The molecule has 2 fully saturated rings. The van der Waals surface area contributed by atoms with Gasteiger partial charge in [0, 0.05) is 106 Å². The topological polar surface area (TPSA) is 377 Å². The number of aromatic nitrogens is 2. The number of benzene rings is 2. The van der Waals surface area contributed by atoms with Gasteiger partial charge in [-0.2, -0.15) is 0 Å². The Balaban J connectivity index is 1.55. The molecule has 119 heavy (non-hydrogen) atoms. The van der Waals surface area contributed by atoms with Crippen LogP contribution in [0.3, 0.4) is 0 Å². The van der Waals surface area contributed by atoms with Crippen molar-refractivity contribution in [2.24, 2.45) is 41.4 Å². The second-order valence-corrected chi connectivity index (χ2v) is 34.7. The molecule has 12 atom stereocenters. The number of phenols is 1. The Labute approximate surface area is 705 Å². The number of nitrogens with one attached hydrogen (secondary N) is 5. The van der Waals surface area contributed by atoms with Gasteiger partial charge < -0.3 is 80.9 Å². The molecule has 2 aliphatic heterocycles. The monoisotopic (exact) mass is 1690 g/mol. The van der Waals surface area contributed by atoms with Crippen LogP contribution in [0.2, 0.25) is 5.02 Å². The molecule has 0 unspecified atom stereocenters. The predicted molar refractivity (Wildman–Crippen MR) is 450 cm³/mol. The Morgan fingerprint density at radius 3 is 1.65 bits per heavy atom. The van der Waals surface area contributed by atoms with E-state index < -0.39 is 190 Å². The zero-order valence-corrected chi connectivity index (χ0v) is 74.6. The number of amides is 13. The Morgan fingerprint density at radius 2 is 1.12 bits per heavy atom. The number of piperazine rings is 1. The Kier molecular flexibility index (Phi) is 37.4. The zero-order chi connectivity index (χ0) is 90.0. The van der Waals surface area contributed by atoms with Gasteiger partial charge >= 0.3 is 0 Å². The Hall–Kier alpha value is -9.66. The lowest BCUT2D eigenvalue weighted by molar-refractivity contribution is -0.157. The number of hydrogen-bond donors (Lipinski definition) is 7. The number of carbonyl (C=O) groups is 13. The van der Waals surface area contributed by atoms with Crippen molar-refractivity contribution in [1.29, 1.82) is 0 Å². The molecule has 0 saturated carbocycles. The number of fused-ring (bicyclic) bond motifs is 1. The second-order valence-electron chi connectivity index (χ2n) is 34.3. The minimum Gasteiger partial charge on any atom is -0.507 e. The van der Waals surface area contributed by atoms with Crippen LogP contribution in [-0.4, -0.2) is 291 Å². The molecule has 0 bridgehead atoms. The van der Waals surface area contributed by atoms with Crippen LogP contribution in [0.4, 0.5) is 14.6 Å². The molecule has 662 valence electrons. The average Bonchev–Trinajstić information content (AvgIpc) is 0.747. The number of anilines is 1. The molecule has 1 aromatic heterocycles. The minimum atomic E-state index is -1.85. The van der Waals surface area contributed by atoms with E-state index in [4.69, 9.17) is 16.6 Å². The van der Waals surface area contributed by atoms with Crippen LogP contribution in [0.15, 0.2) is 36.9 Å². The largest absolute Gasteiger partial charge is 0.507 e. The lowest BCUT2D eigenvalue weighted by Gasteiger charge is -2.41. The summed E-state index contributed by atoms with van der Waals surface area (Å²) in [5.41, 5.74) is -1.16. The van der Waals surface area contributed by atoms with Gasteiger partial charge in [0.1, 0.15) is 89.1 Å². The van der Waals surface area contributed by atoms with Crippen molar-refractivity contribution in [1.82, 2.24) is 75.8 Å². The van der Waals surface area contributed by atoms with Gasteiger partial charge in [-0.25, -0.2) is 18.7 Å². The minimum absolute atomic E-state index is 0.0126. The van der Waals surface area contributed by atoms with Gasteiger partial charge in [0.2, 0.25) is 76.8 Å². The molecule has 5 rings (SSSR count). The standard InChI is InChI=1S/C85H131ClF2N16O15/c1-25-57-81(115)96(18)44-66(108)97(19)58(39-45(3)4)78(112)95-70(49(11)12)84(118)98(20)59(40-46(5)6)77(111)90-52(16)76(110)91-53(17)80(114)99(21)60(41-47(7)8)82(116)100(22)61(42-48(9)10)83(117)101(23)72(50(13)14)85(119)102(24)73(79(113)92-57)74(109)51(15)33-34-89-64(106)32-28-31-63-93-71-54(75(94-63)104-37-35-103(36-38-104)65(107)26-2)43-55(86)67(69(71)88)68-56(87)29-27-30-62(68)105/h26-27,29-30,43,45-53,57-61,70,72-74,105,109H,2,25,28,31-42,44H2,1,3-24H3,(H,89,106)(H,90,111)(H,91,110)(H,92,113)(H,95,112)/t51-,52+,53-,57+,58+,59+,60+,61+,70+,72+,73+,74-/m1/s1. The summed E-state index contributed by atoms with van der Waals surface area (Å²) < 4.78 is 32.4. The SMILES string of the molecule is C=CC(=O)N1CCN(c2nc(CCCC(=O)NCC[C@@H](C)[C@@H](O)[C@H]3C(=O)N[C@@H](CC)C(=O)N(C)CC(=O)N(C)[C@@H](CC(C)C)C(=O)N[C@@H](C(C)C)C(=O)N(C)[C@@H](CC(C)C)C(=O)N[C@@H](C)C(=O)N[C@H](C)C(=O)N(C)[C@@H](CC(C)C)C(=O)N(C)[C@@H](CC(C)C)C(=O)N(C)[C@@H](C(C)C)C(=O)N3C)nc3c(F)c(-c4c(O)cccc4F)c(Cl)cc23)CC1. The van der Waals surface area contributed by atoms with E-state index in [0.717, 1.165) is 20.8 Å². The fourth-order valence-electron chi connectivity index (χ4n) is 15.1. The van der Waals surface area contributed by atoms with E-state index in [9.17, 15) is 53.4 Å². The number of rotatable bonds is 23. The van der Waals surface area contributed by atoms with E-state index in [2.05, 4.69) is 38.1 Å². The first-order valence-corrected chi connectivity index (χ1v) is 41.8. The summed E-state index contributed by atoms with van der Waals surface area (Å²) in [4.78, 5) is 211. The molecule has 7 N–H and O–H groups in total. The number of carbonyl (C=O) groups excluding carboxylic acids is 13. The van der Waals surface area contributed by atoms with Gasteiger partial charge in [0.05, 0.1) is 23.2 Å². The van der Waals surface area contributed by atoms with Crippen molar-refractivity contribution in [2.45, 2.75) is 235 Å². The van der Waals surface area contributed by atoms with Crippen molar-refractivity contribution in [3.8, 4) is 16.9 Å². The number of aromatic hydroxyl groups is 1. The summed E-state index contributed by atoms with van der Waals surface area (Å²) in [6.45, 7) is 31.3. The molecule has 31 nitrogen and oxygen atoms in total. The first kappa shape index (κ1) is 99.9. The molecular formula is C85H131ClF2N16O15. The highest BCUT2D eigenvalue weighted by Gasteiger charge is 2.46. The van der Waals surface area contributed by atoms with E-state index in [1.54, 1.807) is 46.4 Å². The average molecular weight is 1690 g/mol.